The number of thiazole rings is 1. The molecule has 1 aliphatic carbocycles. The average Bonchev–Trinajstić information content (AvgIpc) is 3.21. The van der Waals surface area contributed by atoms with E-state index in [1.165, 1.54) is 16.9 Å². The van der Waals surface area contributed by atoms with Crippen LogP contribution in [0.1, 0.15) is 24.1 Å². The summed E-state index contributed by atoms with van der Waals surface area (Å²) < 4.78 is 0. The Kier molecular flexibility index (Phi) is 4.71. The van der Waals surface area contributed by atoms with Crippen molar-refractivity contribution in [2.45, 2.75) is 32.2 Å². The molecule has 23 heavy (non-hydrogen) atoms. The molecule has 120 valence electrons. The van der Waals surface area contributed by atoms with Gasteiger partial charge in [-0.3, -0.25) is 9.59 Å². The summed E-state index contributed by atoms with van der Waals surface area (Å²) in [6.45, 7) is 2.07. The van der Waals surface area contributed by atoms with E-state index in [1.54, 1.807) is 0 Å². The molecule has 3 rings (SSSR count). The van der Waals surface area contributed by atoms with Gasteiger partial charge in [0.2, 0.25) is 11.8 Å². The quantitative estimate of drug-likeness (QED) is 0.852. The van der Waals surface area contributed by atoms with E-state index in [2.05, 4.69) is 21.7 Å². The maximum Gasteiger partial charge on any atom is 0.239 e. The first-order valence-electron chi connectivity index (χ1n) is 7.67. The van der Waals surface area contributed by atoms with Gasteiger partial charge >= 0.3 is 0 Å². The molecule has 1 fully saturated rings. The van der Waals surface area contributed by atoms with E-state index < -0.39 is 0 Å². The molecular formula is C17H19N3O2S. The Hall–Kier alpha value is -2.21. The molecule has 0 aliphatic heterocycles. The number of hydrogen-bond donors (Lipinski definition) is 2. The lowest BCUT2D eigenvalue weighted by Gasteiger charge is -2.04. The van der Waals surface area contributed by atoms with E-state index in [1.807, 2.05) is 30.5 Å². The zero-order chi connectivity index (χ0) is 16.2. The number of carbonyl (C=O) groups is 2. The monoisotopic (exact) mass is 329 g/mol. The smallest absolute Gasteiger partial charge is 0.239 e. The van der Waals surface area contributed by atoms with Gasteiger partial charge in [-0.05, 0) is 25.8 Å². The van der Waals surface area contributed by atoms with Crippen LogP contribution in [0.15, 0.2) is 29.6 Å². The Labute approximate surface area is 139 Å². The summed E-state index contributed by atoms with van der Waals surface area (Å²) in [5.74, 6) is -0.309. The zero-order valence-corrected chi connectivity index (χ0v) is 13.8. The fourth-order valence-corrected chi connectivity index (χ4v) is 3.03. The van der Waals surface area contributed by atoms with E-state index >= 15 is 0 Å². The van der Waals surface area contributed by atoms with Gasteiger partial charge in [-0.15, -0.1) is 11.3 Å². The second kappa shape index (κ2) is 6.91. The highest BCUT2D eigenvalue weighted by Gasteiger charge is 2.23. The van der Waals surface area contributed by atoms with E-state index in [9.17, 15) is 9.59 Å². The lowest BCUT2D eigenvalue weighted by Crippen LogP contribution is -2.38. The number of hydrogen-bond acceptors (Lipinski definition) is 4. The van der Waals surface area contributed by atoms with E-state index in [-0.39, 0.29) is 24.8 Å². The van der Waals surface area contributed by atoms with Crippen molar-refractivity contribution in [2.75, 3.05) is 6.54 Å². The molecule has 1 aromatic heterocycles. The molecule has 1 aliphatic rings. The van der Waals surface area contributed by atoms with Crippen molar-refractivity contribution in [3.05, 3.63) is 40.9 Å². The van der Waals surface area contributed by atoms with Crippen LogP contribution in [0.25, 0.3) is 10.6 Å². The maximum absolute atomic E-state index is 11.9. The Morgan fingerprint density at radius 2 is 2.13 bits per heavy atom. The molecule has 2 amide bonds. The number of benzene rings is 1. The predicted octanol–water partition coefficient (Wildman–Crippen LogP) is 2.06. The average molecular weight is 329 g/mol. The minimum atomic E-state index is -0.183. The Bertz CT molecular complexity index is 722. The predicted molar refractivity (Wildman–Crippen MR) is 90.2 cm³/mol. The number of carbonyl (C=O) groups excluding carboxylic acids is 2. The zero-order valence-electron chi connectivity index (χ0n) is 13.0. The fourth-order valence-electron chi connectivity index (χ4n) is 2.21. The summed E-state index contributed by atoms with van der Waals surface area (Å²) in [5.41, 5.74) is 2.97. The number of nitrogens with one attached hydrogen (secondary N) is 2. The normalized spacial score (nSPS) is 13.6. The van der Waals surface area contributed by atoms with Gasteiger partial charge in [-0.25, -0.2) is 4.98 Å². The highest BCUT2D eigenvalue weighted by atomic mass is 32.1. The molecule has 2 N–H and O–H groups in total. The van der Waals surface area contributed by atoms with Crippen LogP contribution in [0.2, 0.25) is 0 Å². The molecule has 0 radical (unpaired) electrons. The Morgan fingerprint density at radius 3 is 2.87 bits per heavy atom. The number of rotatable bonds is 6. The Balaban J connectivity index is 1.51. The van der Waals surface area contributed by atoms with E-state index in [0.29, 0.717) is 6.04 Å². The number of aromatic nitrogens is 1. The van der Waals surface area contributed by atoms with Crippen molar-refractivity contribution in [2.24, 2.45) is 0 Å². The molecule has 2 aromatic rings. The van der Waals surface area contributed by atoms with Gasteiger partial charge in [-0.2, -0.15) is 0 Å². The molecule has 1 aromatic carbocycles. The van der Waals surface area contributed by atoms with Gasteiger partial charge in [0.15, 0.2) is 0 Å². The summed E-state index contributed by atoms with van der Waals surface area (Å²) in [6.07, 6.45) is 2.28. The van der Waals surface area contributed by atoms with Crippen molar-refractivity contribution in [3.8, 4) is 10.6 Å². The minimum Gasteiger partial charge on any atom is -0.352 e. The molecule has 0 spiro atoms. The fraction of sp³-hybridized carbons (Fsp3) is 0.353. The number of aryl methyl sites for hydroxylation is 1. The standard InChI is InChI=1S/C17H19N3O2S/c1-11-3-2-4-12(7-11)17-20-14(10-23-17)8-15(21)18-9-16(22)19-13-5-6-13/h2-4,7,10,13H,5-6,8-9H2,1H3,(H,18,21)(H,19,22). The van der Waals surface area contributed by atoms with Crippen LogP contribution in [-0.2, 0) is 16.0 Å². The second-order valence-corrected chi connectivity index (χ2v) is 6.67. The summed E-state index contributed by atoms with van der Waals surface area (Å²) in [6, 6.07) is 8.44. The lowest BCUT2D eigenvalue weighted by atomic mass is 10.1. The van der Waals surface area contributed by atoms with Crippen molar-refractivity contribution < 1.29 is 9.59 Å². The first kappa shape index (κ1) is 15.7. The highest BCUT2D eigenvalue weighted by Crippen LogP contribution is 2.24. The van der Waals surface area contributed by atoms with Gasteiger partial charge in [-0.1, -0.05) is 23.8 Å². The lowest BCUT2D eigenvalue weighted by molar-refractivity contribution is -0.125. The highest BCUT2D eigenvalue weighted by molar-refractivity contribution is 7.13. The third-order valence-electron chi connectivity index (χ3n) is 3.55. The van der Waals surface area contributed by atoms with E-state index in [0.717, 1.165) is 29.1 Å². The maximum atomic E-state index is 11.9. The minimum absolute atomic E-state index is 0.0320. The van der Waals surface area contributed by atoms with Crippen LogP contribution < -0.4 is 10.6 Å². The van der Waals surface area contributed by atoms with Crippen LogP contribution in [-0.4, -0.2) is 29.4 Å². The van der Waals surface area contributed by atoms with Crippen molar-refractivity contribution >= 4 is 23.2 Å². The summed E-state index contributed by atoms with van der Waals surface area (Å²) >= 11 is 1.52. The molecule has 5 nitrogen and oxygen atoms in total. The van der Waals surface area contributed by atoms with Crippen molar-refractivity contribution in [1.29, 1.82) is 0 Å². The summed E-state index contributed by atoms with van der Waals surface area (Å²) in [4.78, 5) is 27.9. The molecule has 1 saturated carbocycles. The van der Waals surface area contributed by atoms with Gasteiger partial charge in [0.1, 0.15) is 5.01 Å². The second-order valence-electron chi connectivity index (χ2n) is 5.81. The van der Waals surface area contributed by atoms with Crippen LogP contribution in [0.4, 0.5) is 0 Å². The van der Waals surface area contributed by atoms with Crippen molar-refractivity contribution in [3.63, 3.8) is 0 Å². The molecule has 0 saturated heterocycles. The van der Waals surface area contributed by atoms with Crippen LogP contribution in [0.3, 0.4) is 0 Å². The Morgan fingerprint density at radius 1 is 1.30 bits per heavy atom. The topological polar surface area (TPSA) is 71.1 Å². The van der Waals surface area contributed by atoms with Gasteiger partial charge in [0.05, 0.1) is 18.7 Å². The van der Waals surface area contributed by atoms with Gasteiger partial charge in [0.25, 0.3) is 0 Å². The van der Waals surface area contributed by atoms with Crippen LogP contribution in [0.5, 0.6) is 0 Å². The van der Waals surface area contributed by atoms with E-state index in [4.69, 9.17) is 0 Å². The summed E-state index contributed by atoms with van der Waals surface area (Å²) in [5, 5.41) is 8.27. The van der Waals surface area contributed by atoms with Gasteiger partial charge in [0, 0.05) is 17.0 Å². The first-order valence-corrected chi connectivity index (χ1v) is 8.55. The molecule has 0 atom stereocenters. The molecular weight excluding hydrogens is 310 g/mol. The van der Waals surface area contributed by atoms with Crippen LogP contribution in [0, 0.1) is 6.92 Å². The molecule has 0 unspecified atom stereocenters. The molecule has 1 heterocycles. The van der Waals surface area contributed by atoms with Crippen molar-refractivity contribution in [1.82, 2.24) is 15.6 Å². The third-order valence-corrected chi connectivity index (χ3v) is 4.49. The summed E-state index contributed by atoms with van der Waals surface area (Å²) in [7, 11) is 0. The first-order chi connectivity index (χ1) is 11.1. The van der Waals surface area contributed by atoms with Gasteiger partial charge < -0.3 is 10.6 Å². The molecule has 6 heteroatoms. The number of amides is 2. The number of nitrogens with zero attached hydrogens (tertiary/aromatic N) is 1. The third kappa shape index (κ3) is 4.63. The van der Waals surface area contributed by atoms with Crippen LogP contribution >= 0.6 is 11.3 Å². The largest absolute Gasteiger partial charge is 0.352 e. The SMILES string of the molecule is Cc1cccc(-c2nc(CC(=O)NCC(=O)NC3CC3)cs2)c1. The molecule has 0 bridgehead atoms.